The van der Waals surface area contributed by atoms with Crippen LogP contribution in [0.15, 0.2) is 54.6 Å². The van der Waals surface area contributed by atoms with Crippen LogP contribution in [0, 0.1) is 10.1 Å². The molecule has 4 rings (SSSR count). The number of rotatable bonds is 10. The van der Waals surface area contributed by atoms with E-state index in [1.807, 2.05) is 6.07 Å². The lowest BCUT2D eigenvalue weighted by Gasteiger charge is -2.57. The molecule has 0 saturated carbocycles. The maximum atomic E-state index is 13.3. The van der Waals surface area contributed by atoms with E-state index in [9.17, 15) is 24.5 Å². The number of nitrogens with zero attached hydrogens (tertiary/aromatic N) is 2. The minimum atomic E-state index is -1.05. The number of nitrogens with one attached hydrogen (secondary N) is 1. The van der Waals surface area contributed by atoms with Crippen LogP contribution in [0.4, 0.5) is 5.69 Å². The van der Waals surface area contributed by atoms with Crippen LogP contribution in [0.25, 0.3) is 0 Å². The number of non-ortho nitro benzene ring substituents is 1. The van der Waals surface area contributed by atoms with Gasteiger partial charge in [0.25, 0.3) is 11.6 Å². The molecule has 4 atom stereocenters. The molecule has 1 N–H and O–H groups in total. The first-order valence-corrected chi connectivity index (χ1v) is 13.5. The Hall–Kier alpha value is -3.29. The lowest BCUT2D eigenvalue weighted by Crippen LogP contribution is -2.79. The molecule has 2 fully saturated rings. The van der Waals surface area contributed by atoms with Gasteiger partial charge in [0.15, 0.2) is 17.6 Å². The number of β-lactam (4-membered cyclic amide) rings is 1. The molecule has 2 amide bonds. The Morgan fingerprint density at radius 1 is 1.22 bits per heavy atom. The van der Waals surface area contributed by atoms with Gasteiger partial charge in [-0.3, -0.25) is 19.7 Å². The molecule has 2 heterocycles. The third kappa shape index (κ3) is 5.53. The first kappa shape index (κ1) is 26.8. The van der Waals surface area contributed by atoms with E-state index >= 15 is 0 Å². The quantitative estimate of drug-likeness (QED) is 0.155. The van der Waals surface area contributed by atoms with Crippen LogP contribution in [-0.4, -0.2) is 75.7 Å². The lowest BCUT2D eigenvalue weighted by atomic mass is 9.99. The zero-order valence-electron chi connectivity index (χ0n) is 20.0. The molecule has 0 aliphatic carbocycles. The molecule has 2 aromatic carbocycles. The summed E-state index contributed by atoms with van der Waals surface area (Å²) in [5.41, 5.74) is 0.489. The number of nitro groups is 1. The predicted octanol–water partition coefficient (Wildman–Crippen LogP) is 2.19. The number of carbonyl (C=O) groups excluding carboxylic acids is 3. The maximum Gasteiger partial charge on any atom is 0.333 e. The zero-order valence-corrected chi connectivity index (χ0v) is 21.7. The molecular formula is C24H25N3O8S2. The fourth-order valence-corrected chi connectivity index (χ4v) is 6.83. The van der Waals surface area contributed by atoms with Gasteiger partial charge < -0.3 is 24.4 Å². The molecule has 13 heteroatoms. The molecule has 0 spiro atoms. The van der Waals surface area contributed by atoms with E-state index < -0.39 is 45.1 Å². The van der Waals surface area contributed by atoms with E-state index in [1.165, 1.54) is 59.8 Å². The Kier molecular flexibility index (Phi) is 8.25. The number of carbonyl (C=O) groups is 3. The smallest absolute Gasteiger partial charge is 0.333 e. The lowest BCUT2D eigenvalue weighted by molar-refractivity contribution is -0.384. The average Bonchev–Trinajstić information content (AvgIpc) is 2.93. The topological polar surface area (TPSA) is 137 Å². The van der Waals surface area contributed by atoms with Crippen LogP contribution in [0.2, 0.25) is 0 Å². The van der Waals surface area contributed by atoms with Gasteiger partial charge in [0, 0.05) is 25.0 Å². The van der Waals surface area contributed by atoms with Crippen LogP contribution < -0.4 is 10.1 Å². The predicted molar refractivity (Wildman–Crippen MR) is 137 cm³/mol. The second-order valence-corrected chi connectivity index (χ2v) is 10.5. The summed E-state index contributed by atoms with van der Waals surface area (Å²) in [5, 5.41) is 13.1. The summed E-state index contributed by atoms with van der Waals surface area (Å²) < 4.78 is 16.7. The zero-order chi connectivity index (χ0) is 26.6. The number of amides is 2. The number of para-hydroxylation sites is 1. The number of fused-ring (bicyclic) bond motifs is 1. The Morgan fingerprint density at radius 2 is 1.92 bits per heavy atom. The van der Waals surface area contributed by atoms with E-state index in [4.69, 9.17) is 14.2 Å². The van der Waals surface area contributed by atoms with Crippen molar-refractivity contribution in [1.29, 1.82) is 0 Å². The molecule has 0 unspecified atom stereocenters. The summed E-state index contributed by atoms with van der Waals surface area (Å²) in [7, 11) is 1.47. The highest BCUT2D eigenvalue weighted by Crippen LogP contribution is 2.48. The van der Waals surface area contributed by atoms with Crippen molar-refractivity contribution in [2.45, 2.75) is 29.0 Å². The van der Waals surface area contributed by atoms with Gasteiger partial charge in [-0.25, -0.2) is 4.79 Å². The summed E-state index contributed by atoms with van der Waals surface area (Å²) >= 11 is 2.71. The monoisotopic (exact) mass is 547 g/mol. The van der Waals surface area contributed by atoms with Gasteiger partial charge >= 0.3 is 5.97 Å². The summed E-state index contributed by atoms with van der Waals surface area (Å²) in [4.78, 5) is 49.5. The van der Waals surface area contributed by atoms with Gasteiger partial charge in [0.2, 0.25) is 5.91 Å². The Labute approximate surface area is 221 Å². The first-order chi connectivity index (χ1) is 17.8. The first-order valence-electron chi connectivity index (χ1n) is 11.2. The van der Waals surface area contributed by atoms with E-state index in [2.05, 4.69) is 5.32 Å². The van der Waals surface area contributed by atoms with Gasteiger partial charge in [-0.05, 0) is 36.1 Å². The molecule has 196 valence electrons. The SMILES string of the molecule is CO[C@]1(SC)CS[C@@H]2[C@H](NC(=O)COc3ccccc3)C(=O)N2[C@H]1C(=O)OCc1ccc([N+](=O)[O-])cc1. The number of benzene rings is 2. The Balaban J connectivity index is 1.41. The third-order valence-corrected chi connectivity index (χ3v) is 8.95. The summed E-state index contributed by atoms with van der Waals surface area (Å²) in [6, 6.07) is 12.6. The number of esters is 1. The summed E-state index contributed by atoms with van der Waals surface area (Å²) in [5.74, 6) is -0.618. The number of hydrogen-bond acceptors (Lipinski definition) is 10. The highest BCUT2D eigenvalue weighted by atomic mass is 32.2. The number of methoxy groups -OCH3 is 1. The van der Waals surface area contributed by atoms with Crippen molar-refractivity contribution in [3.63, 3.8) is 0 Å². The van der Waals surface area contributed by atoms with E-state index in [0.29, 0.717) is 17.1 Å². The normalized spacial score (nSPS) is 24.4. The fourth-order valence-electron chi connectivity index (χ4n) is 4.11. The van der Waals surface area contributed by atoms with Crippen LogP contribution >= 0.6 is 23.5 Å². The molecular weight excluding hydrogens is 522 g/mol. The van der Waals surface area contributed by atoms with Crippen molar-refractivity contribution in [3.8, 4) is 5.75 Å². The van der Waals surface area contributed by atoms with Crippen molar-refractivity contribution in [2.75, 3.05) is 25.7 Å². The second-order valence-electron chi connectivity index (χ2n) is 8.25. The Morgan fingerprint density at radius 3 is 2.54 bits per heavy atom. The van der Waals surface area contributed by atoms with Gasteiger partial charge in [0.05, 0.1) is 4.92 Å². The maximum absolute atomic E-state index is 13.3. The molecule has 11 nitrogen and oxygen atoms in total. The van der Waals surface area contributed by atoms with Crippen LogP contribution in [0.3, 0.4) is 0 Å². The Bertz CT molecular complexity index is 1160. The molecule has 37 heavy (non-hydrogen) atoms. The van der Waals surface area contributed by atoms with E-state index in [-0.39, 0.29) is 18.9 Å². The van der Waals surface area contributed by atoms with Gasteiger partial charge in [-0.2, -0.15) is 0 Å². The van der Waals surface area contributed by atoms with Gasteiger partial charge in [-0.15, -0.1) is 23.5 Å². The number of thioether (sulfide) groups is 2. The molecule has 0 aromatic heterocycles. The highest BCUT2D eigenvalue weighted by Gasteiger charge is 2.63. The van der Waals surface area contributed by atoms with Gasteiger partial charge in [-0.1, -0.05) is 18.2 Å². The van der Waals surface area contributed by atoms with Crippen molar-refractivity contribution in [1.82, 2.24) is 10.2 Å². The molecule has 0 bridgehead atoms. The summed E-state index contributed by atoms with van der Waals surface area (Å²) in [6.45, 7) is -0.378. The molecule has 2 aromatic rings. The average molecular weight is 548 g/mol. The molecule has 2 saturated heterocycles. The van der Waals surface area contributed by atoms with Crippen LogP contribution in [0.1, 0.15) is 5.56 Å². The highest BCUT2D eigenvalue weighted by molar-refractivity contribution is 8.04. The largest absolute Gasteiger partial charge is 0.484 e. The van der Waals surface area contributed by atoms with E-state index in [0.717, 1.165) is 0 Å². The minimum absolute atomic E-state index is 0.0727. The van der Waals surface area contributed by atoms with Crippen molar-refractivity contribution >= 4 is 47.0 Å². The fraction of sp³-hybridized carbons (Fsp3) is 0.375. The third-order valence-electron chi connectivity index (χ3n) is 6.10. The van der Waals surface area contributed by atoms with Gasteiger partial charge in [0.1, 0.15) is 23.8 Å². The molecule has 2 aliphatic rings. The second kappa shape index (κ2) is 11.4. The van der Waals surface area contributed by atoms with Crippen molar-refractivity contribution < 1.29 is 33.5 Å². The summed E-state index contributed by atoms with van der Waals surface area (Å²) in [6.07, 6.45) is 1.78. The number of nitro benzene ring substituents is 1. The van der Waals surface area contributed by atoms with Crippen molar-refractivity contribution in [2.24, 2.45) is 0 Å². The van der Waals surface area contributed by atoms with Crippen LogP contribution in [-0.2, 0) is 30.5 Å². The van der Waals surface area contributed by atoms with Crippen LogP contribution in [0.5, 0.6) is 5.75 Å². The molecule has 2 aliphatic heterocycles. The van der Waals surface area contributed by atoms with E-state index in [1.54, 1.807) is 30.5 Å². The number of hydrogen-bond donors (Lipinski definition) is 1. The van der Waals surface area contributed by atoms with Crippen molar-refractivity contribution in [3.05, 3.63) is 70.3 Å². The molecule has 0 radical (unpaired) electrons. The minimum Gasteiger partial charge on any atom is -0.484 e. The number of ether oxygens (including phenoxy) is 3. The standard InChI is InChI=1S/C24H25N3O8S2/c1-33-24(36-2)14-37-22-19(25-18(28)13-34-17-6-4-3-5-7-17)21(29)26(22)20(24)23(30)35-12-15-8-10-16(11-9-15)27(31)32/h3-11,19-20,22H,12-14H2,1-2H3,(H,25,28)/t19-,20+,22-,24+/m1/s1.